The summed E-state index contributed by atoms with van der Waals surface area (Å²) in [5, 5.41) is 18.2. The fraction of sp³-hybridized carbons (Fsp3) is 1.00. The number of ether oxygens (including phenoxy) is 1. The van der Waals surface area contributed by atoms with Gasteiger partial charge in [0, 0.05) is 13.0 Å². The number of aliphatic hydroxyl groups excluding tert-OH is 2. The van der Waals surface area contributed by atoms with E-state index in [4.69, 9.17) is 9.84 Å². The molecule has 3 nitrogen and oxygen atoms in total. The van der Waals surface area contributed by atoms with Gasteiger partial charge < -0.3 is 14.9 Å². The second-order valence-electron chi connectivity index (χ2n) is 4.33. The lowest BCUT2D eigenvalue weighted by Gasteiger charge is -2.27. The SMILES string of the molecule is COC(O)C(CO)CC(C)(C)C. The molecule has 0 saturated heterocycles. The van der Waals surface area contributed by atoms with Gasteiger partial charge in [0.25, 0.3) is 0 Å². The van der Waals surface area contributed by atoms with Crippen molar-refractivity contribution >= 4 is 0 Å². The Balaban J connectivity index is 3.99. The first-order chi connectivity index (χ1) is 5.40. The molecule has 0 aliphatic heterocycles. The van der Waals surface area contributed by atoms with Crippen LogP contribution in [0.2, 0.25) is 0 Å². The predicted octanol–water partition coefficient (Wildman–Crippen LogP) is 0.996. The van der Waals surface area contributed by atoms with Crippen molar-refractivity contribution in [2.24, 2.45) is 11.3 Å². The molecule has 0 bridgehead atoms. The van der Waals surface area contributed by atoms with Crippen LogP contribution in [0.4, 0.5) is 0 Å². The van der Waals surface area contributed by atoms with Gasteiger partial charge >= 0.3 is 0 Å². The normalized spacial score (nSPS) is 17.5. The van der Waals surface area contributed by atoms with Gasteiger partial charge in [0.2, 0.25) is 0 Å². The number of rotatable bonds is 4. The van der Waals surface area contributed by atoms with E-state index in [9.17, 15) is 5.11 Å². The molecule has 0 radical (unpaired) electrons. The summed E-state index contributed by atoms with van der Waals surface area (Å²) in [5.74, 6) is -0.185. The molecule has 0 saturated carbocycles. The standard InChI is InChI=1S/C9H20O3/c1-9(2,3)5-7(6-10)8(11)12-4/h7-8,10-11H,5-6H2,1-4H3. The summed E-state index contributed by atoms with van der Waals surface area (Å²) in [4.78, 5) is 0. The van der Waals surface area contributed by atoms with Gasteiger partial charge in [-0.3, -0.25) is 0 Å². The van der Waals surface area contributed by atoms with Crippen molar-refractivity contribution in [3.05, 3.63) is 0 Å². The molecule has 0 heterocycles. The topological polar surface area (TPSA) is 49.7 Å². The Bertz CT molecular complexity index is 117. The quantitative estimate of drug-likeness (QED) is 0.628. The molecule has 0 rings (SSSR count). The molecule has 2 unspecified atom stereocenters. The molecule has 0 aliphatic carbocycles. The minimum Gasteiger partial charge on any atom is -0.396 e. The van der Waals surface area contributed by atoms with E-state index in [1.54, 1.807) is 0 Å². The Hall–Kier alpha value is -0.120. The number of aliphatic hydroxyl groups is 2. The van der Waals surface area contributed by atoms with E-state index < -0.39 is 6.29 Å². The summed E-state index contributed by atoms with van der Waals surface area (Å²) in [6.45, 7) is 6.17. The van der Waals surface area contributed by atoms with Gasteiger partial charge in [0.05, 0.1) is 6.61 Å². The van der Waals surface area contributed by atoms with E-state index in [0.717, 1.165) is 6.42 Å². The molecular formula is C9H20O3. The van der Waals surface area contributed by atoms with Gasteiger partial charge in [-0.1, -0.05) is 20.8 Å². The number of methoxy groups -OCH3 is 1. The van der Waals surface area contributed by atoms with Crippen LogP contribution in [-0.2, 0) is 4.74 Å². The summed E-state index contributed by atoms with van der Waals surface area (Å²) in [6, 6.07) is 0. The molecule has 0 aliphatic rings. The number of hydrogen-bond acceptors (Lipinski definition) is 3. The molecule has 2 N–H and O–H groups in total. The van der Waals surface area contributed by atoms with E-state index in [1.807, 2.05) is 0 Å². The molecule has 3 heteroatoms. The molecule has 12 heavy (non-hydrogen) atoms. The molecular weight excluding hydrogens is 156 g/mol. The van der Waals surface area contributed by atoms with Crippen LogP contribution in [0.3, 0.4) is 0 Å². The van der Waals surface area contributed by atoms with Crippen molar-refractivity contribution in [1.82, 2.24) is 0 Å². The summed E-state index contributed by atoms with van der Waals surface area (Å²) < 4.78 is 4.74. The zero-order chi connectivity index (χ0) is 9.78. The fourth-order valence-corrected chi connectivity index (χ4v) is 1.23. The van der Waals surface area contributed by atoms with Gasteiger partial charge in [-0.05, 0) is 11.8 Å². The van der Waals surface area contributed by atoms with Crippen molar-refractivity contribution in [3.63, 3.8) is 0 Å². The first kappa shape index (κ1) is 11.9. The Morgan fingerprint density at radius 3 is 2.08 bits per heavy atom. The predicted molar refractivity (Wildman–Crippen MR) is 47.7 cm³/mol. The van der Waals surface area contributed by atoms with Crippen LogP contribution >= 0.6 is 0 Å². The van der Waals surface area contributed by atoms with Crippen LogP contribution in [0, 0.1) is 11.3 Å². The monoisotopic (exact) mass is 176 g/mol. The molecule has 0 aromatic rings. The molecule has 0 spiro atoms. The maximum atomic E-state index is 9.30. The summed E-state index contributed by atoms with van der Waals surface area (Å²) >= 11 is 0. The maximum Gasteiger partial charge on any atom is 0.159 e. The van der Waals surface area contributed by atoms with Crippen LogP contribution in [0.1, 0.15) is 27.2 Å². The average Bonchev–Trinajstić information content (AvgIpc) is 1.97. The van der Waals surface area contributed by atoms with Gasteiger partial charge in [0.1, 0.15) is 0 Å². The second kappa shape index (κ2) is 4.80. The summed E-state index contributed by atoms with van der Waals surface area (Å²) in [7, 11) is 1.44. The van der Waals surface area contributed by atoms with Crippen molar-refractivity contribution < 1.29 is 14.9 Å². The lowest BCUT2D eigenvalue weighted by Crippen LogP contribution is -2.29. The molecule has 0 fully saturated rings. The van der Waals surface area contributed by atoms with Crippen molar-refractivity contribution in [3.8, 4) is 0 Å². The van der Waals surface area contributed by atoms with Crippen LogP contribution in [0.15, 0.2) is 0 Å². The van der Waals surface area contributed by atoms with Crippen LogP contribution in [-0.4, -0.2) is 30.2 Å². The first-order valence-corrected chi connectivity index (χ1v) is 4.22. The Morgan fingerprint density at radius 2 is 1.83 bits per heavy atom. The maximum absolute atomic E-state index is 9.30. The van der Waals surface area contributed by atoms with E-state index >= 15 is 0 Å². The lowest BCUT2D eigenvalue weighted by molar-refractivity contribution is -0.130. The smallest absolute Gasteiger partial charge is 0.159 e. The molecule has 74 valence electrons. The third-order valence-electron chi connectivity index (χ3n) is 1.75. The van der Waals surface area contributed by atoms with E-state index in [2.05, 4.69) is 20.8 Å². The summed E-state index contributed by atoms with van der Waals surface area (Å²) in [6.07, 6.45) is -0.104. The third kappa shape index (κ3) is 4.70. The number of hydrogen-bond donors (Lipinski definition) is 2. The molecule has 0 aromatic carbocycles. The van der Waals surface area contributed by atoms with Crippen molar-refractivity contribution in [2.45, 2.75) is 33.5 Å². The van der Waals surface area contributed by atoms with E-state index in [1.165, 1.54) is 7.11 Å². The highest BCUT2D eigenvalue weighted by Crippen LogP contribution is 2.26. The van der Waals surface area contributed by atoms with E-state index in [-0.39, 0.29) is 17.9 Å². The highest BCUT2D eigenvalue weighted by atomic mass is 16.6. The van der Waals surface area contributed by atoms with Crippen molar-refractivity contribution in [1.29, 1.82) is 0 Å². The minimum absolute atomic E-state index is 0.0354. The van der Waals surface area contributed by atoms with E-state index in [0.29, 0.717) is 0 Å². The Labute approximate surface area is 74.4 Å². The van der Waals surface area contributed by atoms with Crippen LogP contribution < -0.4 is 0 Å². The van der Waals surface area contributed by atoms with Crippen molar-refractivity contribution in [2.75, 3.05) is 13.7 Å². The average molecular weight is 176 g/mol. The highest BCUT2D eigenvalue weighted by molar-refractivity contribution is 4.70. The molecule has 2 atom stereocenters. The van der Waals surface area contributed by atoms with Gasteiger partial charge in [-0.2, -0.15) is 0 Å². The zero-order valence-corrected chi connectivity index (χ0v) is 8.37. The molecule has 0 amide bonds. The zero-order valence-electron chi connectivity index (χ0n) is 8.37. The minimum atomic E-state index is -0.853. The molecule has 0 aromatic heterocycles. The fourth-order valence-electron chi connectivity index (χ4n) is 1.23. The lowest BCUT2D eigenvalue weighted by atomic mass is 9.85. The second-order valence-corrected chi connectivity index (χ2v) is 4.33. The summed E-state index contributed by atoms with van der Waals surface area (Å²) in [5.41, 5.74) is 0.104. The van der Waals surface area contributed by atoms with Gasteiger partial charge in [-0.15, -0.1) is 0 Å². The Morgan fingerprint density at radius 1 is 1.33 bits per heavy atom. The first-order valence-electron chi connectivity index (χ1n) is 4.22. The largest absolute Gasteiger partial charge is 0.396 e. The van der Waals surface area contributed by atoms with Crippen LogP contribution in [0.25, 0.3) is 0 Å². The van der Waals surface area contributed by atoms with Crippen LogP contribution in [0.5, 0.6) is 0 Å². The van der Waals surface area contributed by atoms with Gasteiger partial charge in [0.15, 0.2) is 6.29 Å². The highest BCUT2D eigenvalue weighted by Gasteiger charge is 2.24. The third-order valence-corrected chi connectivity index (χ3v) is 1.75. The Kier molecular flexibility index (Phi) is 4.75. The van der Waals surface area contributed by atoms with Gasteiger partial charge in [-0.25, -0.2) is 0 Å².